The van der Waals surface area contributed by atoms with E-state index >= 15 is 0 Å². The van der Waals surface area contributed by atoms with Crippen molar-refractivity contribution in [3.05, 3.63) is 29.8 Å². The quantitative estimate of drug-likeness (QED) is 0.579. The van der Waals surface area contributed by atoms with Crippen LogP contribution in [0, 0.1) is 0 Å². The summed E-state index contributed by atoms with van der Waals surface area (Å²) in [6.07, 6.45) is 2.34. The number of benzene rings is 1. The molecule has 2 heteroatoms. The van der Waals surface area contributed by atoms with E-state index in [-0.39, 0.29) is 17.1 Å². The molecule has 0 aromatic heterocycles. The van der Waals surface area contributed by atoms with Gasteiger partial charge in [-0.1, -0.05) is 18.2 Å². The summed E-state index contributed by atoms with van der Waals surface area (Å²) in [5.74, 6) is 1.08. The van der Waals surface area contributed by atoms with Gasteiger partial charge in [-0.05, 0) is 24.5 Å². The maximum absolute atomic E-state index is 5.42. The third-order valence-electron chi connectivity index (χ3n) is 1.82. The molecule has 0 fully saturated rings. The van der Waals surface area contributed by atoms with E-state index in [0.717, 1.165) is 18.8 Å². The SMILES string of the molecule is [Cu].c1ccc2c(c1)CCCO2. The largest absolute Gasteiger partial charge is 0.493 e. The molecular weight excluding hydrogens is 188 g/mol. The molecule has 1 radical (unpaired) electrons. The molecule has 1 heterocycles. The molecule has 0 spiro atoms. The van der Waals surface area contributed by atoms with Crippen molar-refractivity contribution >= 4 is 0 Å². The second-order valence-corrected chi connectivity index (χ2v) is 2.56. The van der Waals surface area contributed by atoms with Gasteiger partial charge < -0.3 is 4.74 Å². The first kappa shape index (κ1) is 8.63. The van der Waals surface area contributed by atoms with Crippen molar-refractivity contribution in [1.82, 2.24) is 0 Å². The van der Waals surface area contributed by atoms with Gasteiger partial charge in [-0.25, -0.2) is 0 Å². The molecule has 0 unspecified atom stereocenters. The second-order valence-electron chi connectivity index (χ2n) is 2.56. The smallest absolute Gasteiger partial charge is 0.122 e. The van der Waals surface area contributed by atoms with Gasteiger partial charge in [0.15, 0.2) is 0 Å². The molecule has 11 heavy (non-hydrogen) atoms. The molecule has 1 aliphatic heterocycles. The standard InChI is InChI=1S/C9H10O.Cu/c1-2-6-9-8(4-1)5-3-7-10-9;/h1-2,4,6H,3,5,7H2;. The number of rotatable bonds is 0. The molecule has 0 aliphatic carbocycles. The van der Waals surface area contributed by atoms with E-state index in [4.69, 9.17) is 4.74 Å². The summed E-state index contributed by atoms with van der Waals surface area (Å²) in [7, 11) is 0. The van der Waals surface area contributed by atoms with Crippen LogP contribution in [0.5, 0.6) is 5.75 Å². The second kappa shape index (κ2) is 3.79. The molecule has 1 aromatic rings. The first-order valence-electron chi connectivity index (χ1n) is 3.67. The van der Waals surface area contributed by atoms with Crippen molar-refractivity contribution < 1.29 is 21.8 Å². The van der Waals surface area contributed by atoms with Crippen LogP contribution in [-0.4, -0.2) is 6.61 Å². The van der Waals surface area contributed by atoms with Crippen LogP contribution in [0.25, 0.3) is 0 Å². The van der Waals surface area contributed by atoms with E-state index in [2.05, 4.69) is 12.1 Å². The monoisotopic (exact) mass is 197 g/mol. The van der Waals surface area contributed by atoms with E-state index in [9.17, 15) is 0 Å². The molecule has 0 saturated carbocycles. The van der Waals surface area contributed by atoms with Crippen LogP contribution in [0.1, 0.15) is 12.0 Å². The fourth-order valence-electron chi connectivity index (χ4n) is 1.30. The average Bonchev–Trinajstić information content (AvgIpc) is 2.05. The Balaban J connectivity index is 0.000000605. The van der Waals surface area contributed by atoms with Crippen LogP contribution >= 0.6 is 0 Å². The fraction of sp³-hybridized carbons (Fsp3) is 0.333. The van der Waals surface area contributed by atoms with E-state index < -0.39 is 0 Å². The van der Waals surface area contributed by atoms with Crippen LogP contribution in [0.3, 0.4) is 0 Å². The number of para-hydroxylation sites is 1. The van der Waals surface area contributed by atoms with Crippen molar-refractivity contribution in [2.45, 2.75) is 12.8 Å². The minimum atomic E-state index is 0. The van der Waals surface area contributed by atoms with Gasteiger partial charge in [-0.15, -0.1) is 0 Å². The molecule has 63 valence electrons. The van der Waals surface area contributed by atoms with Crippen molar-refractivity contribution in [3.63, 3.8) is 0 Å². The van der Waals surface area contributed by atoms with Crippen LogP contribution in [0.2, 0.25) is 0 Å². The number of hydrogen-bond donors (Lipinski definition) is 0. The van der Waals surface area contributed by atoms with Gasteiger partial charge in [0.2, 0.25) is 0 Å². The van der Waals surface area contributed by atoms with E-state index in [0.29, 0.717) is 0 Å². The van der Waals surface area contributed by atoms with E-state index in [1.807, 2.05) is 12.1 Å². The number of ether oxygens (including phenoxy) is 1. The maximum Gasteiger partial charge on any atom is 0.122 e. The van der Waals surface area contributed by atoms with Gasteiger partial charge in [0.25, 0.3) is 0 Å². The Labute approximate surface area is 77.2 Å². The average molecular weight is 198 g/mol. The third kappa shape index (κ3) is 1.76. The van der Waals surface area contributed by atoms with Gasteiger partial charge in [0.05, 0.1) is 6.61 Å². The molecule has 1 nitrogen and oxygen atoms in total. The Kier molecular flexibility index (Phi) is 2.98. The summed E-state index contributed by atoms with van der Waals surface area (Å²) < 4.78 is 5.42. The minimum absolute atomic E-state index is 0. The number of fused-ring (bicyclic) bond motifs is 1. The first-order valence-corrected chi connectivity index (χ1v) is 3.67. The zero-order valence-corrected chi connectivity index (χ0v) is 7.08. The van der Waals surface area contributed by atoms with Gasteiger partial charge in [-0.3, -0.25) is 0 Å². The number of aryl methyl sites for hydroxylation is 1. The van der Waals surface area contributed by atoms with Crippen molar-refractivity contribution in [3.8, 4) is 5.75 Å². The molecule has 0 bridgehead atoms. The number of hydrogen-bond acceptors (Lipinski definition) is 1. The molecular formula is C9H10CuO. The Morgan fingerprint density at radius 1 is 1.18 bits per heavy atom. The molecule has 2 rings (SSSR count). The zero-order chi connectivity index (χ0) is 6.81. The topological polar surface area (TPSA) is 9.23 Å². The van der Waals surface area contributed by atoms with Gasteiger partial charge in [-0.2, -0.15) is 0 Å². The molecule has 1 aliphatic rings. The predicted octanol–water partition coefficient (Wildman–Crippen LogP) is 2.01. The Morgan fingerprint density at radius 3 is 2.82 bits per heavy atom. The van der Waals surface area contributed by atoms with Crippen LogP contribution < -0.4 is 4.74 Å². The van der Waals surface area contributed by atoms with Crippen molar-refractivity contribution in [1.29, 1.82) is 0 Å². The zero-order valence-electron chi connectivity index (χ0n) is 6.14. The third-order valence-corrected chi connectivity index (χ3v) is 1.82. The summed E-state index contributed by atoms with van der Waals surface area (Å²) in [5, 5.41) is 0. The van der Waals surface area contributed by atoms with Gasteiger partial charge in [0.1, 0.15) is 5.75 Å². The van der Waals surface area contributed by atoms with E-state index in [1.165, 1.54) is 12.0 Å². The Morgan fingerprint density at radius 2 is 2.00 bits per heavy atom. The molecule has 0 amide bonds. The minimum Gasteiger partial charge on any atom is -0.493 e. The van der Waals surface area contributed by atoms with E-state index in [1.54, 1.807) is 0 Å². The van der Waals surface area contributed by atoms with Crippen molar-refractivity contribution in [2.24, 2.45) is 0 Å². The molecule has 0 N–H and O–H groups in total. The molecule has 0 saturated heterocycles. The molecule has 1 aromatic carbocycles. The van der Waals surface area contributed by atoms with Crippen LogP contribution in [-0.2, 0) is 23.5 Å². The van der Waals surface area contributed by atoms with Crippen molar-refractivity contribution in [2.75, 3.05) is 6.61 Å². The summed E-state index contributed by atoms with van der Waals surface area (Å²) in [6, 6.07) is 8.25. The predicted molar refractivity (Wildman–Crippen MR) is 40.3 cm³/mol. The summed E-state index contributed by atoms with van der Waals surface area (Å²) >= 11 is 0. The molecule has 0 atom stereocenters. The summed E-state index contributed by atoms with van der Waals surface area (Å²) in [4.78, 5) is 0. The normalized spacial score (nSPS) is 14.2. The fourth-order valence-corrected chi connectivity index (χ4v) is 1.30. The van der Waals surface area contributed by atoms with Crippen LogP contribution in [0.15, 0.2) is 24.3 Å². The summed E-state index contributed by atoms with van der Waals surface area (Å²) in [6.45, 7) is 0.886. The maximum atomic E-state index is 5.42. The Bertz CT molecular complexity index is 210. The summed E-state index contributed by atoms with van der Waals surface area (Å²) in [5.41, 5.74) is 1.36. The first-order chi connectivity index (χ1) is 4.97. The van der Waals surface area contributed by atoms with Gasteiger partial charge in [0, 0.05) is 17.1 Å². The van der Waals surface area contributed by atoms with Gasteiger partial charge >= 0.3 is 0 Å². The van der Waals surface area contributed by atoms with Crippen LogP contribution in [0.4, 0.5) is 0 Å². The Hall–Kier alpha value is -0.461.